The Kier molecular flexibility index (Phi) is 7.33. The summed E-state index contributed by atoms with van der Waals surface area (Å²) in [5, 5.41) is 3.96. The van der Waals surface area contributed by atoms with Crippen molar-refractivity contribution in [1.82, 2.24) is 10.2 Å². The Morgan fingerprint density at radius 3 is 2.33 bits per heavy atom. The van der Waals surface area contributed by atoms with Gasteiger partial charge in [-0.15, -0.1) is 0 Å². The molecule has 5 fully saturated rings. The molecule has 0 spiro atoms. The largest absolute Gasteiger partial charge is 0.381 e. The summed E-state index contributed by atoms with van der Waals surface area (Å²) in [5.74, 6) is 1.98. The van der Waals surface area contributed by atoms with Crippen LogP contribution in [0.15, 0.2) is 0 Å². The highest BCUT2D eigenvalue weighted by atomic mass is 16.5. The fourth-order valence-electron chi connectivity index (χ4n) is 7.88. The number of nitrogens with one attached hydrogen (secondary N) is 1. The maximum absolute atomic E-state index is 6.57. The lowest BCUT2D eigenvalue weighted by Gasteiger charge is -2.64. The maximum atomic E-state index is 6.57. The molecule has 5 aliphatic rings. The zero-order valence-electron chi connectivity index (χ0n) is 19.0. The molecule has 5 unspecified atom stereocenters. The molecule has 172 valence electrons. The molecule has 0 aromatic carbocycles. The van der Waals surface area contributed by atoms with Crippen molar-refractivity contribution in [1.29, 1.82) is 0 Å². The summed E-state index contributed by atoms with van der Waals surface area (Å²) < 4.78 is 18.7. The molecule has 5 nitrogen and oxygen atoms in total. The van der Waals surface area contributed by atoms with Gasteiger partial charge in [0.2, 0.25) is 0 Å². The smallest absolute Gasteiger partial charge is 0.0621 e. The number of rotatable bonds is 4. The van der Waals surface area contributed by atoms with Gasteiger partial charge in [-0.1, -0.05) is 0 Å². The number of nitrogens with zero attached hydrogens (tertiary/aromatic N) is 1. The van der Waals surface area contributed by atoms with E-state index < -0.39 is 0 Å². The van der Waals surface area contributed by atoms with E-state index in [1.165, 1.54) is 90.1 Å². The topological polar surface area (TPSA) is 43.0 Å². The lowest BCUT2D eigenvalue weighted by Crippen LogP contribution is -2.73. The van der Waals surface area contributed by atoms with Crippen molar-refractivity contribution in [3.05, 3.63) is 0 Å². The van der Waals surface area contributed by atoms with Gasteiger partial charge < -0.3 is 19.5 Å². The Hall–Kier alpha value is -0.200. The van der Waals surface area contributed by atoms with Gasteiger partial charge in [0.15, 0.2) is 0 Å². The predicted octanol–water partition coefficient (Wildman–Crippen LogP) is 3.96. The minimum absolute atomic E-state index is 0.208. The van der Waals surface area contributed by atoms with Crippen LogP contribution in [0.25, 0.3) is 0 Å². The molecular formula is C25H44N2O3. The summed E-state index contributed by atoms with van der Waals surface area (Å²) >= 11 is 0. The highest BCUT2D eigenvalue weighted by Gasteiger charge is 2.59. The summed E-state index contributed by atoms with van der Waals surface area (Å²) in [7, 11) is 0. The molecular weight excluding hydrogens is 376 g/mol. The Morgan fingerprint density at radius 2 is 1.60 bits per heavy atom. The minimum Gasteiger partial charge on any atom is -0.381 e. The first kappa shape index (κ1) is 21.6. The van der Waals surface area contributed by atoms with E-state index in [0.29, 0.717) is 30.0 Å². The van der Waals surface area contributed by atoms with Crippen LogP contribution in [0.2, 0.25) is 0 Å². The Bertz CT molecular complexity index is 474. The van der Waals surface area contributed by atoms with Crippen molar-refractivity contribution in [2.24, 2.45) is 17.8 Å². The minimum atomic E-state index is 0.208. The molecule has 5 atom stereocenters. The molecule has 0 amide bonds. The molecule has 1 N–H and O–H groups in total. The monoisotopic (exact) mass is 420 g/mol. The summed E-state index contributed by atoms with van der Waals surface area (Å²) in [6.07, 6.45) is 16.4. The second-order valence-electron chi connectivity index (χ2n) is 10.5. The molecule has 5 aliphatic heterocycles. The summed E-state index contributed by atoms with van der Waals surface area (Å²) in [5.41, 5.74) is 0.208. The molecule has 0 saturated carbocycles. The molecule has 0 bridgehead atoms. The molecule has 0 aliphatic carbocycles. The van der Waals surface area contributed by atoms with Gasteiger partial charge in [0.25, 0.3) is 0 Å². The van der Waals surface area contributed by atoms with Gasteiger partial charge in [-0.3, -0.25) is 4.90 Å². The molecule has 5 heterocycles. The third-order valence-electron chi connectivity index (χ3n) is 9.02. The van der Waals surface area contributed by atoms with E-state index in [-0.39, 0.29) is 5.54 Å². The molecule has 0 aromatic rings. The van der Waals surface area contributed by atoms with E-state index in [9.17, 15) is 0 Å². The predicted molar refractivity (Wildman–Crippen MR) is 118 cm³/mol. The number of ether oxygens (including phenoxy) is 3. The Balaban J connectivity index is 1.56. The van der Waals surface area contributed by atoms with E-state index in [2.05, 4.69) is 10.2 Å². The average molecular weight is 421 g/mol. The third kappa shape index (κ3) is 4.10. The van der Waals surface area contributed by atoms with Gasteiger partial charge in [0, 0.05) is 50.3 Å². The normalized spacial score (nSPS) is 42.8. The number of likely N-dealkylation sites (tertiary alicyclic amines) is 1. The van der Waals surface area contributed by atoms with Gasteiger partial charge >= 0.3 is 0 Å². The molecule has 5 saturated heterocycles. The van der Waals surface area contributed by atoms with E-state index in [4.69, 9.17) is 14.2 Å². The highest BCUT2D eigenvalue weighted by molar-refractivity contribution is 5.12. The van der Waals surface area contributed by atoms with Crippen molar-refractivity contribution >= 4 is 0 Å². The van der Waals surface area contributed by atoms with Crippen LogP contribution in [0.1, 0.15) is 77.0 Å². The van der Waals surface area contributed by atoms with Crippen LogP contribution in [-0.2, 0) is 14.2 Å². The lowest BCUT2D eigenvalue weighted by molar-refractivity contribution is -0.197. The molecule has 0 radical (unpaired) electrons. The van der Waals surface area contributed by atoms with Crippen LogP contribution in [0.4, 0.5) is 0 Å². The summed E-state index contributed by atoms with van der Waals surface area (Å²) in [6.45, 7) is 7.16. The van der Waals surface area contributed by atoms with Crippen molar-refractivity contribution in [3.8, 4) is 0 Å². The fourth-order valence-corrected chi connectivity index (χ4v) is 7.88. The number of hydrogen-bond donors (Lipinski definition) is 1. The highest BCUT2D eigenvalue weighted by Crippen LogP contribution is 2.53. The maximum Gasteiger partial charge on any atom is 0.0621 e. The molecule has 5 rings (SSSR count). The van der Waals surface area contributed by atoms with Gasteiger partial charge in [-0.05, 0) is 89.5 Å². The van der Waals surface area contributed by atoms with Gasteiger partial charge in [-0.25, -0.2) is 0 Å². The SMILES string of the molecule is C1CCC(N2CCCC(C3CCCCO3)C2(C2CCOCC2)C2CCCOC2)NC1. The van der Waals surface area contributed by atoms with Crippen molar-refractivity contribution in [2.45, 2.75) is 94.9 Å². The van der Waals surface area contributed by atoms with Crippen LogP contribution in [0, 0.1) is 17.8 Å². The summed E-state index contributed by atoms with van der Waals surface area (Å²) in [6, 6.07) is 0. The quantitative estimate of drug-likeness (QED) is 0.746. The molecule has 0 aromatic heterocycles. The van der Waals surface area contributed by atoms with E-state index in [1.54, 1.807) is 0 Å². The van der Waals surface area contributed by atoms with Crippen LogP contribution < -0.4 is 5.32 Å². The second kappa shape index (κ2) is 10.2. The first-order chi connectivity index (χ1) is 14.9. The standard InChI is InChI=1S/C25H44N2O3/c1-3-13-26-24(10-1)27-14-5-8-22(23-9-2-4-16-30-23)25(27,20-11-17-28-18-12-20)21-7-6-15-29-19-21/h20-24,26H,1-19H2. The Labute approximate surface area is 183 Å². The van der Waals surface area contributed by atoms with Gasteiger partial charge in [-0.2, -0.15) is 0 Å². The second-order valence-corrected chi connectivity index (χ2v) is 10.5. The van der Waals surface area contributed by atoms with E-state index in [1.807, 2.05) is 0 Å². The average Bonchev–Trinajstić information content (AvgIpc) is 2.85. The van der Waals surface area contributed by atoms with Crippen LogP contribution in [0.5, 0.6) is 0 Å². The number of piperidine rings is 2. The first-order valence-electron chi connectivity index (χ1n) is 13.2. The fraction of sp³-hybridized carbons (Fsp3) is 1.00. The summed E-state index contributed by atoms with van der Waals surface area (Å²) in [4.78, 5) is 3.01. The van der Waals surface area contributed by atoms with E-state index in [0.717, 1.165) is 33.0 Å². The Morgan fingerprint density at radius 1 is 0.700 bits per heavy atom. The van der Waals surface area contributed by atoms with Crippen molar-refractivity contribution in [2.75, 3.05) is 46.1 Å². The lowest BCUT2D eigenvalue weighted by atomic mass is 9.56. The van der Waals surface area contributed by atoms with Gasteiger partial charge in [0.1, 0.15) is 0 Å². The third-order valence-corrected chi connectivity index (χ3v) is 9.02. The van der Waals surface area contributed by atoms with Crippen LogP contribution in [-0.4, -0.2) is 68.8 Å². The van der Waals surface area contributed by atoms with Crippen LogP contribution >= 0.6 is 0 Å². The van der Waals surface area contributed by atoms with Crippen molar-refractivity contribution in [3.63, 3.8) is 0 Å². The van der Waals surface area contributed by atoms with Crippen molar-refractivity contribution < 1.29 is 14.2 Å². The first-order valence-corrected chi connectivity index (χ1v) is 13.2. The zero-order valence-corrected chi connectivity index (χ0v) is 19.0. The molecule has 5 heteroatoms. The number of hydrogen-bond acceptors (Lipinski definition) is 5. The molecule has 30 heavy (non-hydrogen) atoms. The van der Waals surface area contributed by atoms with Gasteiger partial charge in [0.05, 0.1) is 18.9 Å². The van der Waals surface area contributed by atoms with Crippen LogP contribution in [0.3, 0.4) is 0 Å². The zero-order chi connectivity index (χ0) is 20.2. The van der Waals surface area contributed by atoms with E-state index >= 15 is 0 Å².